The molecule has 0 heterocycles. The third-order valence-corrected chi connectivity index (χ3v) is 4.97. The van der Waals surface area contributed by atoms with E-state index >= 15 is 0 Å². The summed E-state index contributed by atoms with van der Waals surface area (Å²) in [6.07, 6.45) is 1.72. The maximum absolute atomic E-state index is 13.1. The number of rotatable bonds is 12. The van der Waals surface area contributed by atoms with Gasteiger partial charge in [0.25, 0.3) is 0 Å². The fourth-order valence-electron chi connectivity index (χ4n) is 3.13. The number of nitrogens with zero attached hydrogens (tertiary/aromatic N) is 1. The van der Waals surface area contributed by atoms with E-state index in [1.807, 2.05) is 54.6 Å². The van der Waals surface area contributed by atoms with Gasteiger partial charge < -0.3 is 19.7 Å². The second kappa shape index (κ2) is 12.6. The first kappa shape index (κ1) is 23.4. The van der Waals surface area contributed by atoms with E-state index < -0.39 is 6.04 Å². The van der Waals surface area contributed by atoms with Crippen LogP contribution in [0.25, 0.3) is 0 Å². The predicted octanol–water partition coefficient (Wildman–Crippen LogP) is 3.20. The van der Waals surface area contributed by atoms with E-state index in [2.05, 4.69) is 5.32 Å². The zero-order chi connectivity index (χ0) is 21.8. The quantitative estimate of drug-likeness (QED) is 0.544. The van der Waals surface area contributed by atoms with Crippen molar-refractivity contribution in [2.75, 3.05) is 27.4 Å². The number of nitrogens with one attached hydrogen (secondary N) is 1. The van der Waals surface area contributed by atoms with E-state index in [0.29, 0.717) is 32.5 Å². The van der Waals surface area contributed by atoms with E-state index in [0.717, 1.165) is 23.3 Å². The van der Waals surface area contributed by atoms with Gasteiger partial charge in [0.1, 0.15) is 11.8 Å². The summed E-state index contributed by atoms with van der Waals surface area (Å²) in [7, 11) is 3.25. The van der Waals surface area contributed by atoms with Gasteiger partial charge in [-0.15, -0.1) is 0 Å². The lowest BCUT2D eigenvalue weighted by Crippen LogP contribution is -2.48. The van der Waals surface area contributed by atoms with E-state index in [1.54, 1.807) is 26.0 Å². The van der Waals surface area contributed by atoms with Crippen molar-refractivity contribution in [3.8, 4) is 5.75 Å². The first-order chi connectivity index (χ1) is 14.5. The van der Waals surface area contributed by atoms with E-state index in [9.17, 15) is 9.59 Å². The number of hydrogen-bond donors (Lipinski definition) is 1. The molecule has 2 aromatic carbocycles. The van der Waals surface area contributed by atoms with E-state index in [1.165, 1.54) is 0 Å². The van der Waals surface area contributed by atoms with Crippen LogP contribution in [0, 0.1) is 0 Å². The van der Waals surface area contributed by atoms with Crippen molar-refractivity contribution in [1.29, 1.82) is 0 Å². The minimum atomic E-state index is -0.571. The van der Waals surface area contributed by atoms with Crippen molar-refractivity contribution >= 4 is 11.8 Å². The van der Waals surface area contributed by atoms with Gasteiger partial charge in [-0.05, 0) is 43.0 Å². The molecule has 0 unspecified atom stereocenters. The van der Waals surface area contributed by atoms with E-state index in [-0.39, 0.29) is 11.8 Å². The highest BCUT2D eigenvalue weighted by atomic mass is 16.5. The Hall–Kier alpha value is -2.86. The first-order valence-corrected chi connectivity index (χ1v) is 10.3. The monoisotopic (exact) mass is 412 g/mol. The number of aryl methyl sites for hydroxylation is 1. The largest absolute Gasteiger partial charge is 0.497 e. The Morgan fingerprint density at radius 1 is 1.00 bits per heavy atom. The van der Waals surface area contributed by atoms with Gasteiger partial charge in [-0.2, -0.15) is 0 Å². The highest BCUT2D eigenvalue weighted by molar-refractivity contribution is 5.87. The average Bonchev–Trinajstić information content (AvgIpc) is 2.79. The fraction of sp³-hybridized carbons (Fsp3) is 0.417. The topological polar surface area (TPSA) is 67.9 Å². The maximum atomic E-state index is 13.1. The summed E-state index contributed by atoms with van der Waals surface area (Å²) < 4.78 is 10.2. The number of hydrogen-bond acceptors (Lipinski definition) is 4. The number of ether oxygens (including phenoxy) is 2. The molecule has 0 aromatic heterocycles. The summed E-state index contributed by atoms with van der Waals surface area (Å²) in [5.41, 5.74) is 2.05. The molecule has 0 spiro atoms. The Balaban J connectivity index is 2.07. The number of methoxy groups -OCH3 is 2. The minimum absolute atomic E-state index is 0.0470. The molecule has 0 aliphatic carbocycles. The lowest BCUT2D eigenvalue weighted by molar-refractivity contribution is -0.140. The van der Waals surface area contributed by atoms with Crippen molar-refractivity contribution in [3.63, 3.8) is 0 Å². The van der Waals surface area contributed by atoms with Crippen molar-refractivity contribution in [3.05, 3.63) is 65.7 Å². The lowest BCUT2D eigenvalue weighted by Gasteiger charge is -2.29. The molecule has 2 rings (SSSR count). The number of carbonyl (C=O) groups excluding carboxylic acids is 2. The molecule has 2 amide bonds. The summed E-state index contributed by atoms with van der Waals surface area (Å²) in [5.74, 6) is 0.548. The van der Waals surface area contributed by atoms with Crippen LogP contribution in [0.3, 0.4) is 0 Å². The molecule has 30 heavy (non-hydrogen) atoms. The van der Waals surface area contributed by atoms with Crippen LogP contribution in [0.4, 0.5) is 0 Å². The van der Waals surface area contributed by atoms with Crippen LogP contribution in [0.5, 0.6) is 5.75 Å². The van der Waals surface area contributed by atoms with Crippen molar-refractivity contribution in [2.24, 2.45) is 0 Å². The van der Waals surface area contributed by atoms with Crippen LogP contribution in [0.1, 0.15) is 30.9 Å². The highest BCUT2D eigenvalue weighted by Gasteiger charge is 2.25. The Morgan fingerprint density at radius 2 is 1.70 bits per heavy atom. The summed E-state index contributed by atoms with van der Waals surface area (Å²) in [6.45, 7) is 3.24. The van der Waals surface area contributed by atoms with Gasteiger partial charge in [0.15, 0.2) is 0 Å². The molecule has 0 saturated carbocycles. The fourth-order valence-corrected chi connectivity index (χ4v) is 3.13. The summed E-state index contributed by atoms with van der Waals surface area (Å²) >= 11 is 0. The number of benzene rings is 2. The molecule has 0 aliphatic heterocycles. The molecule has 0 aliphatic rings. The Kier molecular flexibility index (Phi) is 9.87. The lowest BCUT2D eigenvalue weighted by atomic mass is 10.1. The van der Waals surface area contributed by atoms with Crippen LogP contribution in [0.2, 0.25) is 0 Å². The van der Waals surface area contributed by atoms with Gasteiger partial charge in [0.2, 0.25) is 11.8 Å². The van der Waals surface area contributed by atoms with Gasteiger partial charge in [0, 0.05) is 33.2 Å². The van der Waals surface area contributed by atoms with Crippen LogP contribution >= 0.6 is 0 Å². The van der Waals surface area contributed by atoms with Crippen LogP contribution < -0.4 is 10.1 Å². The van der Waals surface area contributed by atoms with Crippen LogP contribution in [0.15, 0.2) is 54.6 Å². The Labute approximate surface area is 179 Å². The van der Waals surface area contributed by atoms with Crippen LogP contribution in [-0.4, -0.2) is 50.1 Å². The van der Waals surface area contributed by atoms with Gasteiger partial charge in [-0.1, -0.05) is 42.5 Å². The second-order valence-corrected chi connectivity index (χ2v) is 7.17. The molecular weight excluding hydrogens is 380 g/mol. The number of carbonyl (C=O) groups is 2. The summed E-state index contributed by atoms with van der Waals surface area (Å²) in [5, 5.41) is 2.90. The molecule has 6 nitrogen and oxygen atoms in total. The zero-order valence-electron chi connectivity index (χ0n) is 18.1. The first-order valence-electron chi connectivity index (χ1n) is 10.3. The van der Waals surface area contributed by atoms with E-state index in [4.69, 9.17) is 9.47 Å². The highest BCUT2D eigenvalue weighted by Crippen LogP contribution is 2.16. The standard InChI is InChI=1S/C24H32N2O4/c1-19(24(28)25-16-7-17-29-2)26(18-21-10-13-22(30-3)14-11-21)23(27)15-12-20-8-5-4-6-9-20/h4-6,8-11,13-14,19H,7,12,15-18H2,1-3H3,(H,25,28)/t19-/m1/s1. The maximum Gasteiger partial charge on any atom is 0.242 e. The number of amides is 2. The SMILES string of the molecule is COCCCNC(=O)[C@@H](C)N(Cc1ccc(OC)cc1)C(=O)CCc1ccccc1. The summed E-state index contributed by atoms with van der Waals surface area (Å²) in [4.78, 5) is 27.4. The molecular formula is C24H32N2O4. The molecule has 0 saturated heterocycles. The molecule has 162 valence electrons. The zero-order valence-corrected chi connectivity index (χ0v) is 18.1. The molecule has 0 bridgehead atoms. The van der Waals surface area contributed by atoms with Gasteiger partial charge in [-0.25, -0.2) is 0 Å². The normalized spacial score (nSPS) is 11.6. The third kappa shape index (κ3) is 7.52. The van der Waals surface area contributed by atoms with Crippen molar-refractivity contribution in [2.45, 2.75) is 38.8 Å². The van der Waals surface area contributed by atoms with Gasteiger partial charge in [-0.3, -0.25) is 9.59 Å². The molecule has 1 atom stereocenters. The van der Waals surface area contributed by atoms with Gasteiger partial charge >= 0.3 is 0 Å². The molecule has 0 fully saturated rings. The summed E-state index contributed by atoms with van der Waals surface area (Å²) in [6, 6.07) is 16.9. The minimum Gasteiger partial charge on any atom is -0.497 e. The third-order valence-electron chi connectivity index (χ3n) is 4.97. The van der Waals surface area contributed by atoms with Crippen molar-refractivity contribution in [1.82, 2.24) is 10.2 Å². The Morgan fingerprint density at radius 3 is 2.33 bits per heavy atom. The van der Waals surface area contributed by atoms with Crippen LogP contribution in [-0.2, 0) is 27.3 Å². The predicted molar refractivity (Wildman–Crippen MR) is 117 cm³/mol. The smallest absolute Gasteiger partial charge is 0.242 e. The molecule has 2 aromatic rings. The second-order valence-electron chi connectivity index (χ2n) is 7.17. The average molecular weight is 413 g/mol. The van der Waals surface area contributed by atoms with Gasteiger partial charge in [0.05, 0.1) is 7.11 Å². The molecule has 0 radical (unpaired) electrons. The molecule has 6 heteroatoms. The Bertz CT molecular complexity index is 778. The molecule has 1 N–H and O–H groups in total. The van der Waals surface area contributed by atoms with Crippen molar-refractivity contribution < 1.29 is 19.1 Å².